The molecule has 0 saturated heterocycles. The Balaban J connectivity index is 2.58. The number of methoxy groups -OCH3 is 2. The second kappa shape index (κ2) is 3.96. The number of rotatable bonds is 3. The van der Waals surface area contributed by atoms with Gasteiger partial charge in [-0.1, -0.05) is 0 Å². The van der Waals surface area contributed by atoms with E-state index in [2.05, 4.69) is 10.1 Å². The molecule has 0 spiro atoms. The van der Waals surface area contributed by atoms with Crippen LogP contribution in [0.1, 0.15) is 17.7 Å². The first-order chi connectivity index (χ1) is 7.26. The minimum absolute atomic E-state index is 0.421. The van der Waals surface area contributed by atoms with Crippen molar-refractivity contribution in [3.63, 3.8) is 0 Å². The molecule has 0 N–H and O–H groups in total. The predicted molar refractivity (Wildman–Crippen MR) is 54.5 cm³/mol. The number of hydrogen-bond acceptors (Lipinski definition) is 4. The molecule has 15 heavy (non-hydrogen) atoms. The molecule has 2 aromatic rings. The largest absolute Gasteiger partial charge is 0.350 e. The summed E-state index contributed by atoms with van der Waals surface area (Å²) in [5.74, 6) is 0. The Morgan fingerprint density at radius 3 is 2.73 bits per heavy atom. The highest BCUT2D eigenvalue weighted by Gasteiger charge is 2.14. The van der Waals surface area contributed by atoms with Crippen molar-refractivity contribution in [3.05, 3.63) is 29.7 Å². The van der Waals surface area contributed by atoms with E-state index in [1.165, 1.54) is 0 Å². The zero-order valence-corrected chi connectivity index (χ0v) is 8.97. The minimum Gasteiger partial charge on any atom is -0.350 e. The highest BCUT2D eigenvalue weighted by molar-refractivity contribution is 5.39. The Hall–Kier alpha value is -1.46. The zero-order valence-electron chi connectivity index (χ0n) is 8.97. The summed E-state index contributed by atoms with van der Waals surface area (Å²) in [5, 5.41) is 4.32. The summed E-state index contributed by atoms with van der Waals surface area (Å²) < 4.78 is 12.1. The van der Waals surface area contributed by atoms with E-state index >= 15 is 0 Å². The second-order valence-electron chi connectivity index (χ2n) is 3.23. The Labute approximate surface area is 87.6 Å². The Kier molecular flexibility index (Phi) is 2.66. The number of aryl methyl sites for hydroxylation is 1. The fourth-order valence-electron chi connectivity index (χ4n) is 1.54. The van der Waals surface area contributed by atoms with Crippen molar-refractivity contribution in [2.75, 3.05) is 14.2 Å². The second-order valence-corrected chi connectivity index (χ2v) is 3.23. The summed E-state index contributed by atoms with van der Waals surface area (Å²) in [6.45, 7) is 1.92. The van der Waals surface area contributed by atoms with Gasteiger partial charge in [-0.3, -0.25) is 0 Å². The molecule has 2 aromatic heterocycles. The number of nitrogens with zero attached hydrogens (tertiary/aromatic N) is 3. The fourth-order valence-corrected chi connectivity index (χ4v) is 1.54. The maximum atomic E-state index is 5.19. The average molecular weight is 207 g/mol. The number of fused-ring (bicyclic) bond motifs is 1. The van der Waals surface area contributed by atoms with Crippen LogP contribution in [0.2, 0.25) is 0 Å². The molecule has 0 aliphatic rings. The first-order valence-corrected chi connectivity index (χ1v) is 4.63. The molecule has 5 heteroatoms. The van der Waals surface area contributed by atoms with Crippen molar-refractivity contribution in [2.45, 2.75) is 13.2 Å². The van der Waals surface area contributed by atoms with Crippen molar-refractivity contribution in [1.29, 1.82) is 0 Å². The van der Waals surface area contributed by atoms with E-state index in [-0.39, 0.29) is 0 Å². The Morgan fingerprint density at radius 1 is 1.33 bits per heavy atom. The van der Waals surface area contributed by atoms with Crippen LogP contribution in [0.25, 0.3) is 5.65 Å². The lowest BCUT2D eigenvalue weighted by Crippen LogP contribution is -2.10. The predicted octanol–water partition coefficient (Wildman–Crippen LogP) is 1.33. The van der Waals surface area contributed by atoms with E-state index in [1.807, 2.05) is 19.1 Å². The number of aromatic nitrogens is 3. The van der Waals surface area contributed by atoms with E-state index in [4.69, 9.17) is 9.47 Å². The van der Waals surface area contributed by atoms with Crippen LogP contribution in [0.4, 0.5) is 0 Å². The van der Waals surface area contributed by atoms with Gasteiger partial charge in [0, 0.05) is 26.5 Å². The summed E-state index contributed by atoms with van der Waals surface area (Å²) in [4.78, 5) is 4.20. The molecular formula is C10H13N3O2. The molecule has 2 heterocycles. The van der Waals surface area contributed by atoms with Crippen LogP contribution in [-0.4, -0.2) is 28.8 Å². The molecule has 0 atom stereocenters. The van der Waals surface area contributed by atoms with Crippen molar-refractivity contribution < 1.29 is 9.47 Å². The van der Waals surface area contributed by atoms with E-state index in [9.17, 15) is 0 Å². The minimum atomic E-state index is -0.421. The van der Waals surface area contributed by atoms with Gasteiger partial charge in [-0.25, -0.2) is 9.50 Å². The van der Waals surface area contributed by atoms with Gasteiger partial charge in [0.1, 0.15) is 5.69 Å². The lowest BCUT2D eigenvalue weighted by molar-refractivity contribution is -0.109. The molecule has 2 rings (SSSR count). The standard InChI is InChI=1S/C10H13N3O2/c1-7-6-9-11-5-4-8(13(9)12-7)10(14-2)15-3/h4-6,10H,1-3H3. The van der Waals surface area contributed by atoms with Crippen LogP contribution in [-0.2, 0) is 9.47 Å². The molecule has 0 bridgehead atoms. The lowest BCUT2D eigenvalue weighted by Gasteiger charge is -2.14. The van der Waals surface area contributed by atoms with E-state index in [1.54, 1.807) is 24.9 Å². The molecule has 0 unspecified atom stereocenters. The maximum absolute atomic E-state index is 5.19. The van der Waals surface area contributed by atoms with Crippen molar-refractivity contribution in [3.8, 4) is 0 Å². The van der Waals surface area contributed by atoms with Gasteiger partial charge in [0.15, 0.2) is 5.65 Å². The van der Waals surface area contributed by atoms with Crippen LogP contribution in [0.3, 0.4) is 0 Å². The normalized spacial score (nSPS) is 11.5. The molecule has 0 radical (unpaired) electrons. The molecule has 0 aromatic carbocycles. The van der Waals surface area contributed by atoms with E-state index < -0.39 is 6.29 Å². The van der Waals surface area contributed by atoms with Crippen LogP contribution in [0.15, 0.2) is 18.3 Å². The van der Waals surface area contributed by atoms with E-state index in [0.717, 1.165) is 17.0 Å². The summed E-state index contributed by atoms with van der Waals surface area (Å²) >= 11 is 0. The van der Waals surface area contributed by atoms with Gasteiger partial charge in [0.2, 0.25) is 6.29 Å². The van der Waals surface area contributed by atoms with Crippen molar-refractivity contribution >= 4 is 5.65 Å². The third-order valence-electron chi connectivity index (χ3n) is 2.18. The average Bonchev–Trinajstić information content (AvgIpc) is 2.61. The van der Waals surface area contributed by atoms with Crippen molar-refractivity contribution in [1.82, 2.24) is 14.6 Å². The SMILES string of the molecule is COC(OC)c1ccnc2cc(C)nn12. The molecule has 0 saturated carbocycles. The van der Waals surface area contributed by atoms with Crippen LogP contribution < -0.4 is 0 Å². The fraction of sp³-hybridized carbons (Fsp3) is 0.400. The third-order valence-corrected chi connectivity index (χ3v) is 2.18. The summed E-state index contributed by atoms with van der Waals surface area (Å²) in [7, 11) is 3.19. The smallest absolute Gasteiger partial charge is 0.200 e. The Bertz CT molecular complexity index is 463. The molecular weight excluding hydrogens is 194 g/mol. The monoisotopic (exact) mass is 207 g/mol. The summed E-state index contributed by atoms with van der Waals surface area (Å²) in [6.07, 6.45) is 1.30. The highest BCUT2D eigenvalue weighted by Crippen LogP contribution is 2.17. The summed E-state index contributed by atoms with van der Waals surface area (Å²) in [5.41, 5.74) is 2.54. The van der Waals surface area contributed by atoms with Crippen LogP contribution in [0.5, 0.6) is 0 Å². The summed E-state index contributed by atoms with van der Waals surface area (Å²) in [6, 6.07) is 3.74. The third kappa shape index (κ3) is 1.71. The van der Waals surface area contributed by atoms with Gasteiger partial charge in [-0.15, -0.1) is 0 Å². The topological polar surface area (TPSA) is 48.7 Å². The number of hydrogen-bond donors (Lipinski definition) is 0. The quantitative estimate of drug-likeness (QED) is 0.712. The van der Waals surface area contributed by atoms with Crippen LogP contribution >= 0.6 is 0 Å². The molecule has 0 fully saturated rings. The van der Waals surface area contributed by atoms with Gasteiger partial charge in [0.25, 0.3) is 0 Å². The molecule has 5 nitrogen and oxygen atoms in total. The maximum Gasteiger partial charge on any atom is 0.200 e. The highest BCUT2D eigenvalue weighted by atomic mass is 16.7. The zero-order chi connectivity index (χ0) is 10.8. The van der Waals surface area contributed by atoms with Crippen LogP contribution in [0, 0.1) is 6.92 Å². The Morgan fingerprint density at radius 2 is 2.07 bits per heavy atom. The first kappa shape index (κ1) is 10.1. The molecule has 80 valence electrons. The molecule has 0 amide bonds. The van der Waals surface area contributed by atoms with Crippen molar-refractivity contribution in [2.24, 2.45) is 0 Å². The van der Waals surface area contributed by atoms with E-state index in [0.29, 0.717) is 0 Å². The molecule has 0 aliphatic carbocycles. The van der Waals surface area contributed by atoms with Gasteiger partial charge < -0.3 is 9.47 Å². The molecule has 0 aliphatic heterocycles. The lowest BCUT2D eigenvalue weighted by atomic mass is 10.4. The van der Waals surface area contributed by atoms with Gasteiger partial charge >= 0.3 is 0 Å². The first-order valence-electron chi connectivity index (χ1n) is 4.63. The van der Waals surface area contributed by atoms with Gasteiger partial charge in [-0.2, -0.15) is 5.10 Å². The number of ether oxygens (including phenoxy) is 2. The van der Waals surface area contributed by atoms with Gasteiger partial charge in [-0.05, 0) is 13.0 Å². The van der Waals surface area contributed by atoms with Gasteiger partial charge in [0.05, 0.1) is 5.69 Å².